The molecule has 0 aliphatic heterocycles. The minimum absolute atomic E-state index is 0.443. The Labute approximate surface area is 101 Å². The third-order valence-electron chi connectivity index (χ3n) is 2.76. The van der Waals surface area contributed by atoms with Gasteiger partial charge in [-0.15, -0.1) is 0 Å². The predicted octanol–water partition coefficient (Wildman–Crippen LogP) is 4.24. The van der Waals surface area contributed by atoms with Crippen LogP contribution < -0.4 is 0 Å². The highest BCUT2D eigenvalue weighted by molar-refractivity contribution is 7.80. The van der Waals surface area contributed by atoms with Gasteiger partial charge < -0.3 is 4.42 Å². The Balaban J connectivity index is 2.02. The van der Waals surface area contributed by atoms with E-state index in [1.165, 1.54) is 31.2 Å². The normalized spacial score (nSPS) is 11.1. The van der Waals surface area contributed by atoms with Gasteiger partial charge >= 0.3 is 0 Å². The van der Waals surface area contributed by atoms with Crippen LogP contribution in [0.25, 0.3) is 11.1 Å². The molecule has 1 aromatic heterocycles. The number of aromatic nitrogens is 1. The lowest BCUT2D eigenvalue weighted by molar-refractivity contribution is 0.492. The van der Waals surface area contributed by atoms with Crippen LogP contribution in [0, 0.1) is 0 Å². The Morgan fingerprint density at radius 1 is 1.25 bits per heavy atom. The van der Waals surface area contributed by atoms with E-state index in [2.05, 4.69) is 36.7 Å². The van der Waals surface area contributed by atoms with E-state index in [0.29, 0.717) is 5.22 Å². The van der Waals surface area contributed by atoms with Gasteiger partial charge in [-0.1, -0.05) is 44.9 Å². The molecule has 3 heteroatoms. The summed E-state index contributed by atoms with van der Waals surface area (Å²) >= 11 is 4.10. The van der Waals surface area contributed by atoms with Gasteiger partial charge in [0.15, 0.2) is 5.58 Å². The number of oxazole rings is 1. The van der Waals surface area contributed by atoms with Crippen LogP contribution >= 0.6 is 12.6 Å². The van der Waals surface area contributed by atoms with Crippen LogP contribution in [0.4, 0.5) is 0 Å². The quantitative estimate of drug-likeness (QED) is 0.619. The van der Waals surface area contributed by atoms with Crippen molar-refractivity contribution in [1.29, 1.82) is 0 Å². The summed E-state index contributed by atoms with van der Waals surface area (Å²) in [6.45, 7) is 2.23. The van der Waals surface area contributed by atoms with E-state index in [-0.39, 0.29) is 0 Å². The van der Waals surface area contributed by atoms with Crippen molar-refractivity contribution < 1.29 is 4.42 Å². The minimum Gasteiger partial charge on any atom is -0.432 e. The van der Waals surface area contributed by atoms with Gasteiger partial charge in [-0.25, -0.2) is 4.98 Å². The number of unbranched alkanes of at least 4 members (excludes halogenated alkanes) is 3. The molecule has 0 atom stereocenters. The Kier molecular flexibility index (Phi) is 3.88. The summed E-state index contributed by atoms with van der Waals surface area (Å²) in [7, 11) is 0. The summed E-state index contributed by atoms with van der Waals surface area (Å²) in [6, 6.07) is 6.20. The summed E-state index contributed by atoms with van der Waals surface area (Å²) in [6.07, 6.45) is 6.30. The molecule has 0 amide bonds. The second-order valence-electron chi connectivity index (χ2n) is 4.11. The molecule has 16 heavy (non-hydrogen) atoms. The van der Waals surface area contributed by atoms with E-state index in [9.17, 15) is 0 Å². The lowest BCUT2D eigenvalue weighted by Gasteiger charge is -2.00. The van der Waals surface area contributed by atoms with Crippen molar-refractivity contribution in [3.63, 3.8) is 0 Å². The maximum Gasteiger partial charge on any atom is 0.253 e. The topological polar surface area (TPSA) is 26.0 Å². The molecule has 0 saturated carbocycles. The van der Waals surface area contributed by atoms with Crippen LogP contribution in [0.5, 0.6) is 0 Å². The van der Waals surface area contributed by atoms with Gasteiger partial charge in [0.1, 0.15) is 5.52 Å². The molecule has 2 nitrogen and oxygen atoms in total. The van der Waals surface area contributed by atoms with Crippen molar-refractivity contribution in [2.75, 3.05) is 0 Å². The van der Waals surface area contributed by atoms with E-state index in [4.69, 9.17) is 4.42 Å². The van der Waals surface area contributed by atoms with Crippen molar-refractivity contribution in [3.8, 4) is 0 Å². The molecule has 0 fully saturated rings. The number of fused-ring (bicyclic) bond motifs is 1. The molecule has 0 unspecified atom stereocenters. The number of rotatable bonds is 5. The molecule has 0 aliphatic carbocycles. The summed E-state index contributed by atoms with van der Waals surface area (Å²) in [4.78, 5) is 4.22. The summed E-state index contributed by atoms with van der Waals surface area (Å²) < 4.78 is 5.32. The lowest BCUT2D eigenvalue weighted by Crippen LogP contribution is -1.85. The predicted molar refractivity (Wildman–Crippen MR) is 69.1 cm³/mol. The zero-order valence-electron chi connectivity index (χ0n) is 9.57. The first kappa shape index (κ1) is 11.5. The molecule has 0 bridgehead atoms. The van der Waals surface area contributed by atoms with E-state index < -0.39 is 0 Å². The van der Waals surface area contributed by atoms with E-state index in [1.807, 2.05) is 6.07 Å². The Hall–Kier alpha value is -0.960. The van der Waals surface area contributed by atoms with Crippen molar-refractivity contribution in [1.82, 2.24) is 4.98 Å². The number of thiol groups is 1. The molecule has 0 spiro atoms. The molecular weight excluding hydrogens is 218 g/mol. The molecule has 0 saturated heterocycles. The van der Waals surface area contributed by atoms with Gasteiger partial charge in [0.05, 0.1) is 0 Å². The second kappa shape index (κ2) is 5.39. The fourth-order valence-corrected chi connectivity index (χ4v) is 2.08. The molecule has 0 radical (unpaired) electrons. The van der Waals surface area contributed by atoms with Crippen LogP contribution in [0.2, 0.25) is 0 Å². The zero-order valence-corrected chi connectivity index (χ0v) is 10.5. The molecule has 1 heterocycles. The van der Waals surface area contributed by atoms with Crippen LogP contribution in [0.15, 0.2) is 27.8 Å². The number of benzene rings is 1. The molecule has 86 valence electrons. The fourth-order valence-electron chi connectivity index (χ4n) is 1.87. The molecule has 0 aliphatic rings. The first-order valence-corrected chi connectivity index (χ1v) is 6.32. The average Bonchev–Trinajstić information content (AvgIpc) is 2.64. The number of aryl methyl sites for hydroxylation is 1. The Morgan fingerprint density at radius 2 is 2.12 bits per heavy atom. The highest BCUT2D eigenvalue weighted by atomic mass is 32.1. The van der Waals surface area contributed by atoms with Crippen molar-refractivity contribution in [3.05, 3.63) is 23.8 Å². The highest BCUT2D eigenvalue weighted by Crippen LogP contribution is 2.20. The molecule has 2 rings (SSSR count). The fraction of sp³-hybridized carbons (Fsp3) is 0.462. The van der Waals surface area contributed by atoms with Gasteiger partial charge in [-0.2, -0.15) is 0 Å². The maximum absolute atomic E-state index is 5.32. The van der Waals surface area contributed by atoms with Gasteiger partial charge in [0.2, 0.25) is 0 Å². The van der Waals surface area contributed by atoms with Crippen LogP contribution in [0.1, 0.15) is 38.2 Å². The molecule has 2 aromatic rings. The van der Waals surface area contributed by atoms with Crippen LogP contribution in [0.3, 0.4) is 0 Å². The highest BCUT2D eigenvalue weighted by Gasteiger charge is 2.03. The summed E-state index contributed by atoms with van der Waals surface area (Å²) in [5.41, 5.74) is 3.07. The second-order valence-corrected chi connectivity index (χ2v) is 4.49. The average molecular weight is 235 g/mol. The third-order valence-corrected chi connectivity index (χ3v) is 2.95. The monoisotopic (exact) mass is 235 g/mol. The van der Waals surface area contributed by atoms with Gasteiger partial charge in [-0.05, 0) is 30.5 Å². The molecular formula is C13H17NOS. The smallest absolute Gasteiger partial charge is 0.253 e. The van der Waals surface area contributed by atoms with Crippen molar-refractivity contribution >= 4 is 23.7 Å². The lowest BCUT2D eigenvalue weighted by atomic mass is 10.1. The van der Waals surface area contributed by atoms with E-state index >= 15 is 0 Å². The van der Waals surface area contributed by atoms with E-state index in [0.717, 1.165) is 17.5 Å². The zero-order chi connectivity index (χ0) is 11.4. The standard InChI is InChI=1S/C13H17NOS/c1-2-3-4-5-6-10-7-8-12-11(9-10)14-13(16)15-12/h7-9H,2-6H2,1H3,(H,14,16). The minimum atomic E-state index is 0.443. The van der Waals surface area contributed by atoms with Crippen molar-refractivity contribution in [2.45, 2.75) is 44.3 Å². The first-order valence-electron chi connectivity index (χ1n) is 5.88. The van der Waals surface area contributed by atoms with Crippen LogP contribution in [-0.4, -0.2) is 4.98 Å². The maximum atomic E-state index is 5.32. The number of nitrogens with zero attached hydrogens (tertiary/aromatic N) is 1. The molecule has 0 N–H and O–H groups in total. The van der Waals surface area contributed by atoms with Gasteiger partial charge in [-0.3, -0.25) is 0 Å². The van der Waals surface area contributed by atoms with E-state index in [1.54, 1.807) is 0 Å². The number of hydrogen-bond donors (Lipinski definition) is 1. The summed E-state index contributed by atoms with van der Waals surface area (Å²) in [5, 5.41) is 0.443. The van der Waals surface area contributed by atoms with Crippen LogP contribution in [-0.2, 0) is 6.42 Å². The first-order chi connectivity index (χ1) is 7.79. The SMILES string of the molecule is CCCCCCc1ccc2oc(S)nc2c1. The Morgan fingerprint density at radius 3 is 2.94 bits per heavy atom. The van der Waals surface area contributed by atoms with Crippen molar-refractivity contribution in [2.24, 2.45) is 0 Å². The van der Waals surface area contributed by atoms with Gasteiger partial charge in [0, 0.05) is 0 Å². The third kappa shape index (κ3) is 2.79. The summed E-state index contributed by atoms with van der Waals surface area (Å²) in [5.74, 6) is 0. The largest absolute Gasteiger partial charge is 0.432 e. The van der Waals surface area contributed by atoms with Gasteiger partial charge in [0.25, 0.3) is 5.22 Å². The number of hydrogen-bond acceptors (Lipinski definition) is 3. The molecule has 1 aromatic carbocycles. The Bertz CT molecular complexity index is 464.